The van der Waals surface area contributed by atoms with Crippen LogP contribution in [-0.4, -0.2) is 38.9 Å². The lowest BCUT2D eigenvalue weighted by molar-refractivity contribution is -0.120. The number of benzene rings is 2. The molecule has 0 aliphatic rings. The minimum absolute atomic E-state index is 0.120. The number of hydrogen-bond donors (Lipinski definition) is 2. The minimum Gasteiger partial charge on any atom is -0.497 e. The lowest BCUT2D eigenvalue weighted by atomic mass is 10.1. The summed E-state index contributed by atoms with van der Waals surface area (Å²) in [5, 5.41) is 14.9. The van der Waals surface area contributed by atoms with E-state index in [0.717, 1.165) is 15.8 Å². The predicted octanol–water partition coefficient (Wildman–Crippen LogP) is 4.70. The van der Waals surface area contributed by atoms with Gasteiger partial charge in [-0.2, -0.15) is 0 Å². The van der Waals surface area contributed by atoms with Crippen LogP contribution in [0.15, 0.2) is 52.1 Å². The molecule has 0 saturated heterocycles. The first-order valence-electron chi connectivity index (χ1n) is 10.5. The maximum absolute atomic E-state index is 12.6. The normalized spacial score (nSPS) is 11.7. The van der Waals surface area contributed by atoms with Gasteiger partial charge in [-0.15, -0.1) is 10.2 Å². The zero-order valence-electron chi connectivity index (χ0n) is 19.0. The molecule has 1 heterocycles. The lowest BCUT2D eigenvalue weighted by Gasteiger charge is -2.13. The van der Waals surface area contributed by atoms with Crippen LogP contribution in [-0.2, 0) is 29.1 Å². The lowest BCUT2D eigenvalue weighted by Crippen LogP contribution is -2.26. The summed E-state index contributed by atoms with van der Waals surface area (Å²) in [6.45, 7) is 4.61. The van der Waals surface area contributed by atoms with E-state index in [4.69, 9.17) is 16.3 Å². The van der Waals surface area contributed by atoms with Crippen molar-refractivity contribution < 1.29 is 14.3 Å². The maximum atomic E-state index is 12.6. The Hall–Kier alpha value is -2.56. The van der Waals surface area contributed by atoms with Crippen molar-refractivity contribution in [1.29, 1.82) is 0 Å². The fourth-order valence-corrected chi connectivity index (χ4v) is 4.41. The molecule has 0 spiro atoms. The molecule has 0 saturated carbocycles. The smallest absolute Gasteiger partial charge is 0.237 e. The van der Waals surface area contributed by atoms with Crippen molar-refractivity contribution >= 4 is 56.8 Å². The third-order valence-corrected chi connectivity index (χ3v) is 7.23. The third kappa shape index (κ3) is 6.97. The van der Waals surface area contributed by atoms with Crippen molar-refractivity contribution in [2.45, 2.75) is 43.8 Å². The summed E-state index contributed by atoms with van der Waals surface area (Å²) in [6.07, 6.45) is 0.253. The Morgan fingerprint density at radius 1 is 1.21 bits per heavy atom. The van der Waals surface area contributed by atoms with Crippen LogP contribution in [0.2, 0.25) is 5.02 Å². The van der Waals surface area contributed by atoms with Gasteiger partial charge < -0.3 is 19.9 Å². The van der Waals surface area contributed by atoms with E-state index in [2.05, 4.69) is 36.8 Å². The largest absolute Gasteiger partial charge is 0.497 e. The molecular weight excluding hydrogens is 542 g/mol. The molecule has 180 valence electrons. The SMILES string of the molecule is CCn1c(CNC(=O)Cc2ccc(OC)cc2)nnc1SC(C)C(=O)Nc1ccc(Br)c(Cl)c1. The van der Waals surface area contributed by atoms with Crippen molar-refractivity contribution in [3.63, 3.8) is 0 Å². The van der Waals surface area contributed by atoms with Gasteiger partial charge in [0, 0.05) is 16.7 Å². The Kier molecular flexibility index (Phi) is 9.37. The van der Waals surface area contributed by atoms with Gasteiger partial charge in [0.15, 0.2) is 11.0 Å². The first-order valence-corrected chi connectivity index (χ1v) is 12.6. The van der Waals surface area contributed by atoms with E-state index in [1.807, 2.05) is 35.8 Å². The first-order chi connectivity index (χ1) is 16.3. The molecule has 1 aromatic heterocycles. The van der Waals surface area contributed by atoms with Gasteiger partial charge in [-0.25, -0.2) is 0 Å². The van der Waals surface area contributed by atoms with Crippen LogP contribution in [0, 0.1) is 0 Å². The van der Waals surface area contributed by atoms with Crippen molar-refractivity contribution in [2.75, 3.05) is 12.4 Å². The average Bonchev–Trinajstić information content (AvgIpc) is 3.21. The van der Waals surface area contributed by atoms with Crippen LogP contribution in [0.3, 0.4) is 0 Å². The van der Waals surface area contributed by atoms with E-state index in [1.165, 1.54) is 11.8 Å². The zero-order chi connectivity index (χ0) is 24.7. The molecule has 0 fully saturated rings. The second-order valence-electron chi connectivity index (χ2n) is 7.32. The molecule has 3 aromatic rings. The number of aromatic nitrogens is 3. The van der Waals surface area contributed by atoms with Crippen LogP contribution in [0.4, 0.5) is 5.69 Å². The Morgan fingerprint density at radius 3 is 2.59 bits per heavy atom. The molecule has 0 bridgehead atoms. The number of ether oxygens (including phenoxy) is 1. The topological polar surface area (TPSA) is 98.1 Å². The van der Waals surface area contributed by atoms with Gasteiger partial charge in [0.05, 0.1) is 30.3 Å². The standard InChI is InChI=1S/C23H25BrClN5O3S/c1-4-30-20(13-26-21(31)11-15-5-8-17(33-3)9-6-15)28-29-23(30)34-14(2)22(32)27-16-7-10-18(24)19(25)12-16/h5-10,12,14H,4,11,13H2,1-3H3,(H,26,31)(H,27,32). The number of nitrogens with one attached hydrogen (secondary N) is 2. The van der Waals surface area contributed by atoms with Crippen molar-refractivity contribution in [1.82, 2.24) is 20.1 Å². The fraction of sp³-hybridized carbons (Fsp3) is 0.304. The molecule has 1 atom stereocenters. The number of thioether (sulfide) groups is 1. The Labute approximate surface area is 215 Å². The highest BCUT2D eigenvalue weighted by molar-refractivity contribution is 9.10. The van der Waals surface area contributed by atoms with Gasteiger partial charge in [-0.05, 0) is 65.7 Å². The monoisotopic (exact) mass is 565 g/mol. The molecular formula is C23H25BrClN5O3S. The molecule has 11 heteroatoms. The number of hydrogen-bond acceptors (Lipinski definition) is 6. The van der Waals surface area contributed by atoms with Gasteiger partial charge >= 0.3 is 0 Å². The number of amides is 2. The summed E-state index contributed by atoms with van der Waals surface area (Å²) < 4.78 is 7.78. The third-order valence-electron chi connectivity index (χ3n) is 4.92. The molecule has 0 aliphatic carbocycles. The first kappa shape index (κ1) is 26.1. The Bertz CT molecular complexity index is 1160. The molecule has 34 heavy (non-hydrogen) atoms. The summed E-state index contributed by atoms with van der Waals surface area (Å²) in [7, 11) is 1.60. The molecule has 0 radical (unpaired) electrons. The molecule has 8 nitrogen and oxygen atoms in total. The van der Waals surface area contributed by atoms with Gasteiger partial charge in [0.2, 0.25) is 11.8 Å². The second-order valence-corrected chi connectivity index (χ2v) is 9.89. The number of methoxy groups -OCH3 is 1. The van der Waals surface area contributed by atoms with E-state index in [1.54, 1.807) is 32.2 Å². The van der Waals surface area contributed by atoms with Crippen LogP contribution >= 0.6 is 39.3 Å². The van der Waals surface area contributed by atoms with E-state index in [9.17, 15) is 9.59 Å². The Morgan fingerprint density at radius 2 is 1.94 bits per heavy atom. The highest BCUT2D eigenvalue weighted by atomic mass is 79.9. The number of rotatable bonds is 10. The number of anilines is 1. The number of nitrogens with zero attached hydrogens (tertiary/aromatic N) is 3. The van der Waals surface area contributed by atoms with E-state index < -0.39 is 5.25 Å². The van der Waals surface area contributed by atoms with Gasteiger partial charge in [-0.1, -0.05) is 35.5 Å². The van der Waals surface area contributed by atoms with E-state index in [-0.39, 0.29) is 24.8 Å². The van der Waals surface area contributed by atoms with Gasteiger partial charge in [0.25, 0.3) is 0 Å². The van der Waals surface area contributed by atoms with E-state index >= 15 is 0 Å². The predicted molar refractivity (Wildman–Crippen MR) is 137 cm³/mol. The van der Waals surface area contributed by atoms with Gasteiger partial charge in [0.1, 0.15) is 5.75 Å². The highest BCUT2D eigenvalue weighted by Crippen LogP contribution is 2.27. The number of carbonyl (C=O) groups excluding carboxylic acids is 2. The molecule has 2 amide bonds. The van der Waals surface area contributed by atoms with Crippen molar-refractivity contribution in [2.24, 2.45) is 0 Å². The fourth-order valence-electron chi connectivity index (χ4n) is 3.05. The number of halogens is 2. The minimum atomic E-state index is -0.422. The highest BCUT2D eigenvalue weighted by Gasteiger charge is 2.20. The summed E-state index contributed by atoms with van der Waals surface area (Å²) in [4.78, 5) is 25.0. The molecule has 2 aromatic carbocycles. The summed E-state index contributed by atoms with van der Waals surface area (Å²) in [5.41, 5.74) is 1.50. The summed E-state index contributed by atoms with van der Waals surface area (Å²) in [6, 6.07) is 12.6. The van der Waals surface area contributed by atoms with Crippen molar-refractivity contribution in [3.8, 4) is 5.75 Å². The number of carbonyl (C=O) groups is 2. The van der Waals surface area contributed by atoms with Crippen LogP contribution in [0.5, 0.6) is 5.75 Å². The second kappa shape index (κ2) is 12.2. The van der Waals surface area contributed by atoms with Crippen LogP contribution in [0.1, 0.15) is 25.2 Å². The summed E-state index contributed by atoms with van der Waals surface area (Å²) >= 11 is 10.7. The molecule has 2 N–H and O–H groups in total. The van der Waals surface area contributed by atoms with Crippen LogP contribution in [0.25, 0.3) is 0 Å². The zero-order valence-corrected chi connectivity index (χ0v) is 22.1. The van der Waals surface area contributed by atoms with Crippen molar-refractivity contribution in [3.05, 3.63) is 63.3 Å². The van der Waals surface area contributed by atoms with E-state index in [0.29, 0.717) is 28.2 Å². The Balaban J connectivity index is 1.56. The average molecular weight is 567 g/mol. The molecule has 0 aliphatic heterocycles. The summed E-state index contributed by atoms with van der Waals surface area (Å²) in [5.74, 6) is 1.07. The quantitative estimate of drug-likeness (QED) is 0.345. The maximum Gasteiger partial charge on any atom is 0.237 e. The molecule has 1 unspecified atom stereocenters. The molecule has 3 rings (SSSR count). The van der Waals surface area contributed by atoms with Gasteiger partial charge in [-0.3, -0.25) is 9.59 Å². The van der Waals surface area contributed by atoms with Crippen LogP contribution < -0.4 is 15.4 Å².